The van der Waals surface area contributed by atoms with Crippen molar-refractivity contribution >= 4 is 5.65 Å². The van der Waals surface area contributed by atoms with Gasteiger partial charge in [0.2, 0.25) is 5.88 Å². The number of ether oxygens (including phenoxy) is 3. The van der Waals surface area contributed by atoms with E-state index in [1.807, 2.05) is 6.07 Å². The van der Waals surface area contributed by atoms with Crippen molar-refractivity contribution in [3.8, 4) is 28.6 Å². The number of aromatic nitrogens is 2. The van der Waals surface area contributed by atoms with Gasteiger partial charge >= 0.3 is 0 Å². The zero-order valence-corrected chi connectivity index (χ0v) is 13.1. The molecule has 0 spiro atoms. The van der Waals surface area contributed by atoms with Crippen LogP contribution >= 0.6 is 0 Å². The second-order valence-electron chi connectivity index (χ2n) is 4.81. The van der Waals surface area contributed by atoms with Gasteiger partial charge in [-0.25, -0.2) is 9.38 Å². The van der Waals surface area contributed by atoms with Crippen molar-refractivity contribution in [3.63, 3.8) is 0 Å². The predicted molar refractivity (Wildman–Crippen MR) is 86.6 cm³/mol. The summed E-state index contributed by atoms with van der Waals surface area (Å²) in [6.45, 7) is 0. The molecule has 23 heavy (non-hydrogen) atoms. The summed E-state index contributed by atoms with van der Waals surface area (Å²) in [6, 6.07) is 12.1. The second-order valence-corrected chi connectivity index (χ2v) is 4.81. The first-order valence-electron chi connectivity index (χ1n) is 6.97. The first-order valence-corrected chi connectivity index (χ1v) is 6.97. The van der Waals surface area contributed by atoms with Crippen LogP contribution in [0.5, 0.6) is 17.4 Å². The first kappa shape index (κ1) is 14.9. The Morgan fingerprint density at radius 1 is 0.913 bits per heavy atom. The number of nitrogens with zero attached hydrogens (tertiary/aromatic N) is 2. The van der Waals surface area contributed by atoms with E-state index in [1.54, 1.807) is 44.6 Å². The molecule has 0 aliphatic carbocycles. The predicted octanol–water partition coefficient (Wildman–Crippen LogP) is 2.39. The van der Waals surface area contributed by atoms with E-state index in [0.717, 1.165) is 5.56 Å². The quantitative estimate of drug-likeness (QED) is 0.740. The summed E-state index contributed by atoms with van der Waals surface area (Å²) in [6.07, 6.45) is 0. The maximum Gasteiger partial charge on any atom is 0.261 e. The molecule has 118 valence electrons. The third-order valence-corrected chi connectivity index (χ3v) is 3.54. The molecule has 0 unspecified atom stereocenters. The Kier molecular flexibility index (Phi) is 3.89. The van der Waals surface area contributed by atoms with Crippen LogP contribution in [0.3, 0.4) is 0 Å². The fourth-order valence-corrected chi connectivity index (χ4v) is 2.43. The van der Waals surface area contributed by atoms with E-state index in [1.165, 1.54) is 17.6 Å². The van der Waals surface area contributed by atoms with E-state index in [9.17, 15) is 4.79 Å². The highest BCUT2D eigenvalue weighted by molar-refractivity contribution is 5.65. The third kappa shape index (κ3) is 2.59. The van der Waals surface area contributed by atoms with Gasteiger partial charge in [-0.2, -0.15) is 0 Å². The van der Waals surface area contributed by atoms with Gasteiger partial charge in [0.05, 0.1) is 27.0 Å². The third-order valence-electron chi connectivity index (χ3n) is 3.54. The van der Waals surface area contributed by atoms with Gasteiger partial charge in [-0.3, -0.25) is 4.79 Å². The lowest BCUT2D eigenvalue weighted by atomic mass is 10.1. The van der Waals surface area contributed by atoms with Gasteiger partial charge in [-0.1, -0.05) is 6.07 Å². The minimum Gasteiger partial charge on any atom is -0.493 e. The molecule has 6 nitrogen and oxygen atoms in total. The number of fused-ring (bicyclic) bond motifs is 1. The zero-order chi connectivity index (χ0) is 16.4. The molecule has 0 radical (unpaired) electrons. The van der Waals surface area contributed by atoms with Crippen molar-refractivity contribution < 1.29 is 14.2 Å². The lowest BCUT2D eigenvalue weighted by Crippen LogP contribution is -2.16. The molecule has 6 heteroatoms. The number of benzene rings is 1. The minimum absolute atomic E-state index is 0.211. The summed E-state index contributed by atoms with van der Waals surface area (Å²) >= 11 is 0. The molecule has 0 saturated carbocycles. The molecule has 2 heterocycles. The summed E-state index contributed by atoms with van der Waals surface area (Å²) in [4.78, 5) is 16.9. The summed E-state index contributed by atoms with van der Waals surface area (Å²) in [5.74, 6) is 1.65. The molecule has 3 rings (SSSR count). The topological polar surface area (TPSA) is 62.1 Å². The van der Waals surface area contributed by atoms with E-state index < -0.39 is 0 Å². The average molecular weight is 312 g/mol. The molecule has 1 aromatic carbocycles. The van der Waals surface area contributed by atoms with Gasteiger partial charge < -0.3 is 14.2 Å². The minimum atomic E-state index is -0.211. The van der Waals surface area contributed by atoms with Crippen LogP contribution < -0.4 is 19.8 Å². The SMILES string of the molecule is COc1ccc(-c2cc(=O)n3c(OC)cccc3n2)cc1OC. The van der Waals surface area contributed by atoms with Gasteiger partial charge in [0.1, 0.15) is 5.65 Å². The number of hydrogen-bond donors (Lipinski definition) is 0. The molecule has 0 amide bonds. The number of pyridine rings is 1. The van der Waals surface area contributed by atoms with Crippen molar-refractivity contribution in [3.05, 3.63) is 52.8 Å². The highest BCUT2D eigenvalue weighted by atomic mass is 16.5. The largest absolute Gasteiger partial charge is 0.493 e. The molecule has 0 N–H and O–H groups in total. The van der Waals surface area contributed by atoms with Crippen molar-refractivity contribution in [1.29, 1.82) is 0 Å². The van der Waals surface area contributed by atoms with Crippen LogP contribution in [0.25, 0.3) is 16.9 Å². The Balaban J connectivity index is 2.20. The smallest absolute Gasteiger partial charge is 0.261 e. The second kappa shape index (κ2) is 6.00. The maximum absolute atomic E-state index is 12.4. The molecule has 0 fully saturated rings. The Morgan fingerprint density at radius 3 is 2.39 bits per heavy atom. The van der Waals surface area contributed by atoms with Gasteiger partial charge in [0.25, 0.3) is 5.56 Å². The molecular weight excluding hydrogens is 296 g/mol. The Morgan fingerprint density at radius 2 is 1.70 bits per heavy atom. The zero-order valence-electron chi connectivity index (χ0n) is 13.1. The van der Waals surface area contributed by atoms with Gasteiger partial charge in [-0.15, -0.1) is 0 Å². The van der Waals surface area contributed by atoms with Gasteiger partial charge in [-0.05, 0) is 30.3 Å². The lowest BCUT2D eigenvalue weighted by Gasteiger charge is -2.11. The highest BCUT2D eigenvalue weighted by Crippen LogP contribution is 2.31. The van der Waals surface area contributed by atoms with E-state index in [-0.39, 0.29) is 5.56 Å². The molecule has 0 saturated heterocycles. The monoisotopic (exact) mass is 312 g/mol. The molecule has 0 aliphatic rings. The average Bonchev–Trinajstić information content (AvgIpc) is 2.60. The van der Waals surface area contributed by atoms with Crippen LogP contribution in [-0.4, -0.2) is 30.7 Å². The molecular formula is C17H16N2O4. The van der Waals surface area contributed by atoms with E-state index in [4.69, 9.17) is 14.2 Å². The molecule has 0 atom stereocenters. The molecule has 0 aliphatic heterocycles. The van der Waals surface area contributed by atoms with Crippen LogP contribution in [0.4, 0.5) is 0 Å². The number of hydrogen-bond acceptors (Lipinski definition) is 5. The van der Waals surface area contributed by atoms with Crippen molar-refractivity contribution in [2.24, 2.45) is 0 Å². The van der Waals surface area contributed by atoms with Gasteiger partial charge in [0.15, 0.2) is 11.5 Å². The van der Waals surface area contributed by atoms with Crippen LogP contribution in [0.2, 0.25) is 0 Å². The fourth-order valence-electron chi connectivity index (χ4n) is 2.43. The lowest BCUT2D eigenvalue weighted by molar-refractivity contribution is 0.355. The summed E-state index contributed by atoms with van der Waals surface area (Å²) in [5, 5.41) is 0. The van der Waals surface area contributed by atoms with Crippen LogP contribution in [-0.2, 0) is 0 Å². The van der Waals surface area contributed by atoms with Gasteiger partial charge in [0, 0.05) is 11.6 Å². The summed E-state index contributed by atoms with van der Waals surface area (Å²) < 4.78 is 17.1. The van der Waals surface area contributed by atoms with E-state index in [0.29, 0.717) is 28.7 Å². The van der Waals surface area contributed by atoms with Crippen LogP contribution in [0.1, 0.15) is 0 Å². The van der Waals surface area contributed by atoms with E-state index >= 15 is 0 Å². The number of methoxy groups -OCH3 is 3. The molecule has 2 aromatic heterocycles. The van der Waals surface area contributed by atoms with Crippen LogP contribution in [0, 0.1) is 0 Å². The number of rotatable bonds is 4. The molecule has 3 aromatic rings. The Bertz CT molecular complexity index is 918. The van der Waals surface area contributed by atoms with Crippen molar-refractivity contribution in [1.82, 2.24) is 9.38 Å². The van der Waals surface area contributed by atoms with E-state index in [2.05, 4.69) is 4.98 Å². The maximum atomic E-state index is 12.4. The summed E-state index contributed by atoms with van der Waals surface area (Å²) in [5.41, 5.74) is 1.63. The normalized spacial score (nSPS) is 10.6. The Labute approximate surface area is 132 Å². The van der Waals surface area contributed by atoms with Crippen molar-refractivity contribution in [2.75, 3.05) is 21.3 Å². The highest BCUT2D eigenvalue weighted by Gasteiger charge is 2.11. The van der Waals surface area contributed by atoms with Crippen molar-refractivity contribution in [2.45, 2.75) is 0 Å². The standard InChI is InChI=1S/C17H16N2O4/c1-21-13-8-7-11(9-14(13)22-2)12-10-16(20)19-15(18-12)5-4-6-17(19)23-3/h4-10H,1-3H3. The fraction of sp³-hybridized carbons (Fsp3) is 0.176. The summed E-state index contributed by atoms with van der Waals surface area (Å²) in [7, 11) is 4.66. The first-order chi connectivity index (χ1) is 11.2. The van der Waals surface area contributed by atoms with Crippen LogP contribution in [0.15, 0.2) is 47.3 Å². The Hall–Kier alpha value is -3.02. The molecule has 0 bridgehead atoms.